The van der Waals surface area contributed by atoms with E-state index in [1.54, 1.807) is 19.4 Å². The maximum absolute atomic E-state index is 11.8. The molecule has 0 saturated heterocycles. The predicted molar refractivity (Wildman–Crippen MR) is 71.7 cm³/mol. The maximum Gasteiger partial charge on any atom is 0.109 e. The Hall–Kier alpha value is -0.810. The van der Waals surface area contributed by atoms with Crippen LogP contribution in [0.15, 0.2) is 24.8 Å². The van der Waals surface area contributed by atoms with E-state index in [1.807, 2.05) is 39.0 Å². The van der Waals surface area contributed by atoms with Crippen molar-refractivity contribution >= 4 is 18.5 Å². The molecule has 0 unspecified atom stereocenters. The fourth-order valence-corrected chi connectivity index (χ4v) is 2.07. The van der Waals surface area contributed by atoms with Gasteiger partial charge < -0.3 is 4.57 Å². The first-order chi connectivity index (χ1) is 6.95. The first-order valence-electron chi connectivity index (χ1n) is 5.24. The number of hydrogen-bond donors (Lipinski definition) is 0. The van der Waals surface area contributed by atoms with E-state index in [4.69, 9.17) is 0 Å². The molecule has 0 N–H and O–H groups in total. The van der Waals surface area contributed by atoms with Crippen LogP contribution in [0.3, 0.4) is 0 Å². The third-order valence-electron chi connectivity index (χ3n) is 2.10. The quantitative estimate of drug-likeness (QED) is 0.696. The van der Waals surface area contributed by atoms with E-state index in [0.29, 0.717) is 0 Å². The molecule has 0 amide bonds. The fourth-order valence-electron chi connectivity index (χ4n) is 1.18. The van der Waals surface area contributed by atoms with E-state index in [-0.39, 0.29) is 0 Å². The minimum absolute atomic E-state index is 0.924. The number of aryl methyl sites for hydroxylation is 1. The third-order valence-corrected chi connectivity index (χ3v) is 3.63. The summed E-state index contributed by atoms with van der Waals surface area (Å²) in [4.78, 5) is 0. The Bertz CT molecular complexity index is 374. The van der Waals surface area contributed by atoms with Gasteiger partial charge in [-0.2, -0.15) is 0 Å². The van der Waals surface area contributed by atoms with Crippen LogP contribution in [-0.4, -0.2) is 13.3 Å². The summed E-state index contributed by atoms with van der Waals surface area (Å²) in [6, 6.07) is 5.89. The van der Waals surface area contributed by atoms with E-state index in [1.165, 1.54) is 5.56 Å². The highest BCUT2D eigenvalue weighted by atomic mass is 31.2. The van der Waals surface area contributed by atoms with E-state index in [9.17, 15) is 4.57 Å². The van der Waals surface area contributed by atoms with Crippen LogP contribution in [0.2, 0.25) is 0 Å². The van der Waals surface area contributed by atoms with Crippen molar-refractivity contribution in [2.24, 2.45) is 0 Å². The van der Waals surface area contributed by atoms with Gasteiger partial charge in [-0.3, -0.25) is 0 Å². The highest BCUT2D eigenvalue weighted by molar-refractivity contribution is 7.70. The van der Waals surface area contributed by atoms with Crippen LogP contribution in [-0.2, 0) is 4.57 Å². The predicted octanol–water partition coefficient (Wildman–Crippen LogP) is 3.91. The van der Waals surface area contributed by atoms with Crippen LogP contribution >= 0.6 is 7.14 Å². The van der Waals surface area contributed by atoms with Gasteiger partial charge in [0.05, 0.1) is 0 Å². The van der Waals surface area contributed by atoms with Gasteiger partial charge in [-0.1, -0.05) is 38.6 Å². The van der Waals surface area contributed by atoms with Gasteiger partial charge in [0.2, 0.25) is 0 Å². The van der Waals surface area contributed by atoms with Crippen LogP contribution in [0.5, 0.6) is 0 Å². The molecule has 0 saturated carbocycles. The molecule has 15 heavy (non-hydrogen) atoms. The van der Waals surface area contributed by atoms with Gasteiger partial charge in [-0.05, 0) is 37.4 Å². The van der Waals surface area contributed by atoms with Crippen LogP contribution in [0, 0.1) is 6.92 Å². The Morgan fingerprint density at radius 2 is 1.80 bits per heavy atom. The Balaban J connectivity index is 0.000000921. The number of rotatable bonds is 2. The van der Waals surface area contributed by atoms with E-state index < -0.39 is 7.14 Å². The van der Waals surface area contributed by atoms with Crippen molar-refractivity contribution < 1.29 is 4.57 Å². The highest BCUT2D eigenvalue weighted by Gasteiger charge is 2.11. The minimum atomic E-state index is -2.13. The fraction of sp³-hybridized carbons (Fsp3) is 0.385. The molecule has 0 fully saturated rings. The topological polar surface area (TPSA) is 17.1 Å². The first kappa shape index (κ1) is 14.2. The van der Waals surface area contributed by atoms with Crippen molar-refractivity contribution in [1.82, 2.24) is 0 Å². The summed E-state index contributed by atoms with van der Waals surface area (Å²) in [7, 11) is -2.13. The molecule has 0 aromatic heterocycles. The average molecular weight is 224 g/mol. The third kappa shape index (κ3) is 4.05. The molecule has 0 aliphatic rings. The zero-order valence-corrected chi connectivity index (χ0v) is 11.3. The molecule has 0 aliphatic heterocycles. The molecule has 0 bridgehead atoms. The van der Waals surface area contributed by atoms with E-state index in [0.717, 1.165) is 10.9 Å². The van der Waals surface area contributed by atoms with Crippen molar-refractivity contribution in [3.8, 4) is 0 Å². The molecule has 2 heteroatoms. The highest BCUT2D eigenvalue weighted by Crippen LogP contribution is 2.34. The van der Waals surface area contributed by atoms with Crippen LogP contribution in [0.4, 0.5) is 0 Å². The van der Waals surface area contributed by atoms with E-state index in [2.05, 4.69) is 6.58 Å². The molecule has 0 spiro atoms. The molecule has 1 aromatic carbocycles. The molecule has 1 nitrogen and oxygen atoms in total. The first-order valence-corrected chi connectivity index (χ1v) is 7.84. The lowest BCUT2D eigenvalue weighted by molar-refractivity contribution is 0.588. The second-order valence-corrected chi connectivity index (χ2v) is 6.81. The second kappa shape index (κ2) is 5.92. The summed E-state index contributed by atoms with van der Waals surface area (Å²) in [5.41, 5.74) is 2.24. The zero-order valence-electron chi connectivity index (χ0n) is 10.4. The molecule has 84 valence electrons. The second-order valence-electron chi connectivity index (χ2n) is 3.60. The van der Waals surface area contributed by atoms with E-state index >= 15 is 0 Å². The molecule has 1 aromatic rings. The molecule has 1 rings (SSSR count). The smallest absolute Gasteiger partial charge is 0.109 e. The van der Waals surface area contributed by atoms with Crippen LogP contribution in [0.1, 0.15) is 25.0 Å². The largest absolute Gasteiger partial charge is 0.319 e. The Morgan fingerprint density at radius 1 is 1.27 bits per heavy atom. The van der Waals surface area contributed by atoms with Crippen LogP contribution in [0.25, 0.3) is 6.08 Å². The van der Waals surface area contributed by atoms with Gasteiger partial charge in [-0.15, -0.1) is 0 Å². The van der Waals surface area contributed by atoms with Crippen molar-refractivity contribution in [1.29, 1.82) is 0 Å². The molecular weight excluding hydrogens is 203 g/mol. The molecular formula is C13H21OP. The summed E-state index contributed by atoms with van der Waals surface area (Å²) >= 11 is 0. The summed E-state index contributed by atoms with van der Waals surface area (Å²) in [6.45, 7) is 13.3. The van der Waals surface area contributed by atoms with Crippen molar-refractivity contribution in [3.63, 3.8) is 0 Å². The molecule has 0 aliphatic carbocycles. The monoisotopic (exact) mass is 224 g/mol. The lowest BCUT2D eigenvalue weighted by Gasteiger charge is -2.09. The summed E-state index contributed by atoms with van der Waals surface area (Å²) in [5, 5.41) is 0.924. The summed E-state index contributed by atoms with van der Waals surface area (Å²) in [6.07, 6.45) is 1.80. The van der Waals surface area contributed by atoms with Gasteiger partial charge >= 0.3 is 0 Å². The molecule has 0 radical (unpaired) electrons. The van der Waals surface area contributed by atoms with Gasteiger partial charge in [0.1, 0.15) is 7.14 Å². The van der Waals surface area contributed by atoms with Gasteiger partial charge in [0, 0.05) is 5.30 Å². The Morgan fingerprint density at radius 3 is 2.20 bits per heavy atom. The zero-order chi connectivity index (χ0) is 12.1. The van der Waals surface area contributed by atoms with Gasteiger partial charge in [-0.25, -0.2) is 0 Å². The summed E-state index contributed by atoms with van der Waals surface area (Å²) in [5.74, 6) is 0. The standard InChI is InChI=1S/C11H15OP.C2H6/c1-5-10-8-11(13(3,4)12)7-6-9(10)2;1-2/h5-8H,1H2,2-4H3;1-2H3. The Kier molecular flexibility index (Phi) is 5.60. The van der Waals surface area contributed by atoms with Crippen molar-refractivity contribution in [2.45, 2.75) is 20.8 Å². The van der Waals surface area contributed by atoms with Gasteiger partial charge in [0.25, 0.3) is 0 Å². The normalized spacial score (nSPS) is 10.2. The lowest BCUT2D eigenvalue weighted by Crippen LogP contribution is -2.03. The van der Waals surface area contributed by atoms with Crippen molar-refractivity contribution in [2.75, 3.05) is 13.3 Å². The average Bonchev–Trinajstić information content (AvgIpc) is 2.20. The summed E-state index contributed by atoms with van der Waals surface area (Å²) < 4.78 is 11.8. The minimum Gasteiger partial charge on any atom is -0.319 e. The Labute approximate surface area is 93.6 Å². The lowest BCUT2D eigenvalue weighted by atomic mass is 10.1. The SMILES string of the molecule is C=Cc1cc(P(C)(C)=O)ccc1C.CC. The van der Waals surface area contributed by atoms with Gasteiger partial charge in [0.15, 0.2) is 0 Å². The van der Waals surface area contributed by atoms with Crippen LogP contribution < -0.4 is 5.30 Å². The van der Waals surface area contributed by atoms with Crippen molar-refractivity contribution in [3.05, 3.63) is 35.9 Å². The maximum atomic E-state index is 11.8. The molecule has 0 atom stereocenters. The number of hydrogen-bond acceptors (Lipinski definition) is 1. The molecule has 0 heterocycles. The number of benzene rings is 1.